The molecule has 0 amide bonds. The maximum Gasteiger partial charge on any atom is 0.186 e. The quantitative estimate of drug-likeness (QED) is 0.278. The molecule has 130 valence electrons. The van der Waals surface area contributed by atoms with Crippen molar-refractivity contribution in [1.29, 1.82) is 0 Å². The number of aromatic nitrogens is 2. The van der Waals surface area contributed by atoms with Gasteiger partial charge in [0.15, 0.2) is 5.13 Å². The van der Waals surface area contributed by atoms with Gasteiger partial charge in [0, 0.05) is 72.7 Å². The van der Waals surface area contributed by atoms with Gasteiger partial charge in [-0.3, -0.25) is 4.90 Å². The number of ether oxygens (including phenoxy) is 1. The van der Waals surface area contributed by atoms with Gasteiger partial charge in [0.2, 0.25) is 0 Å². The van der Waals surface area contributed by atoms with Crippen LogP contribution < -0.4 is 4.90 Å². The third-order valence-corrected chi connectivity index (χ3v) is 5.02. The minimum atomic E-state index is 0. The molecule has 0 unspecified atom stereocenters. The van der Waals surface area contributed by atoms with E-state index >= 15 is 0 Å². The van der Waals surface area contributed by atoms with Crippen molar-refractivity contribution in [2.24, 2.45) is 0 Å². The van der Waals surface area contributed by atoms with Crippen LogP contribution in [0.15, 0.2) is 6.07 Å². The van der Waals surface area contributed by atoms with Crippen molar-refractivity contribution < 1.29 is 4.74 Å². The van der Waals surface area contributed by atoms with Crippen LogP contribution in [0.3, 0.4) is 0 Å². The van der Waals surface area contributed by atoms with Gasteiger partial charge in [-0.1, -0.05) is 22.9 Å². The molecular formula is C14H20BClN4OS2Sb-. The van der Waals surface area contributed by atoms with Crippen LogP contribution in [0, 0.1) is 6.92 Å². The van der Waals surface area contributed by atoms with Gasteiger partial charge in [-0.15, -0.1) is 0 Å². The molecular weight excluding hydrogens is 472 g/mol. The summed E-state index contributed by atoms with van der Waals surface area (Å²) in [7, 11) is 1.75. The van der Waals surface area contributed by atoms with E-state index in [9.17, 15) is 0 Å². The maximum absolute atomic E-state index is 6.02. The number of aryl methyl sites for hydroxylation is 1. The molecule has 5 nitrogen and oxygen atoms in total. The van der Waals surface area contributed by atoms with Crippen molar-refractivity contribution >= 4 is 84.6 Å². The number of thiol groups is 1. The van der Waals surface area contributed by atoms with Gasteiger partial charge in [0.05, 0.1) is 17.0 Å². The van der Waals surface area contributed by atoms with Gasteiger partial charge in [-0.05, 0) is 13.0 Å². The monoisotopic (exact) mass is 491 g/mol. The van der Waals surface area contributed by atoms with Gasteiger partial charge in [0.1, 0.15) is 10.7 Å². The smallest absolute Gasteiger partial charge is 0.186 e. The molecule has 1 aliphatic heterocycles. The van der Waals surface area contributed by atoms with Crippen LogP contribution in [0.4, 0.5) is 5.13 Å². The summed E-state index contributed by atoms with van der Waals surface area (Å²) in [5.41, 5.74) is 1.87. The van der Waals surface area contributed by atoms with E-state index in [-0.39, 0.29) is 46.3 Å². The summed E-state index contributed by atoms with van der Waals surface area (Å²) >= 11 is 7.72. The SMILES string of the molecule is COCCN1CCN(c2nc3c(C)nc(Cl)cc3s2)CC1.[B].[SH-].[Sb]. The van der Waals surface area contributed by atoms with Crippen molar-refractivity contribution in [3.05, 3.63) is 16.9 Å². The summed E-state index contributed by atoms with van der Waals surface area (Å²) in [4.78, 5) is 13.8. The molecule has 1 fully saturated rings. The zero-order valence-electron chi connectivity index (χ0n) is 13.8. The Morgan fingerprint density at radius 2 is 1.92 bits per heavy atom. The second kappa shape index (κ2) is 11.1. The molecule has 0 bridgehead atoms. The standard InChI is InChI=1S/C14H19ClN4OS.B.H2S.Sb/c1-10-13-11(9-12(15)16-10)21-14(17-13)19-5-3-18(4-6-19)7-8-20-2;;;/h9H,3-8H2,1-2H3;;1H2;/p-1. The third-order valence-electron chi connectivity index (χ3n) is 3.76. The minimum absolute atomic E-state index is 0. The van der Waals surface area contributed by atoms with E-state index in [4.69, 9.17) is 21.3 Å². The van der Waals surface area contributed by atoms with E-state index in [1.54, 1.807) is 18.4 Å². The Bertz CT molecular complexity index is 641. The molecule has 2 aromatic rings. The molecule has 0 N–H and O–H groups in total. The Balaban J connectivity index is 0.00000176. The summed E-state index contributed by atoms with van der Waals surface area (Å²) in [5.74, 6) is 0. The summed E-state index contributed by atoms with van der Waals surface area (Å²) in [6.45, 7) is 7.87. The van der Waals surface area contributed by atoms with Gasteiger partial charge in [0.25, 0.3) is 0 Å². The minimum Gasteiger partial charge on any atom is -0.813 e. The first-order valence-electron chi connectivity index (χ1n) is 7.07. The predicted octanol–water partition coefficient (Wildman–Crippen LogP) is 1.39. The summed E-state index contributed by atoms with van der Waals surface area (Å²) in [5, 5.41) is 1.61. The molecule has 2 aromatic heterocycles. The molecule has 0 saturated carbocycles. The second-order valence-electron chi connectivity index (χ2n) is 5.20. The molecule has 1 aliphatic rings. The Labute approximate surface area is 178 Å². The van der Waals surface area contributed by atoms with E-state index in [0.717, 1.165) is 60.4 Å². The predicted molar refractivity (Wildman–Crippen MR) is 108 cm³/mol. The van der Waals surface area contributed by atoms with E-state index < -0.39 is 0 Å². The topological polar surface area (TPSA) is 41.5 Å². The zero-order chi connectivity index (χ0) is 14.8. The molecule has 6 radical (unpaired) electrons. The van der Waals surface area contributed by atoms with Crippen LogP contribution in [0.5, 0.6) is 0 Å². The number of nitrogens with zero attached hydrogens (tertiary/aromatic N) is 4. The summed E-state index contributed by atoms with van der Waals surface area (Å²) < 4.78 is 6.25. The van der Waals surface area contributed by atoms with Crippen molar-refractivity contribution in [3.8, 4) is 0 Å². The fourth-order valence-corrected chi connectivity index (χ4v) is 3.96. The van der Waals surface area contributed by atoms with Gasteiger partial charge in [-0.2, -0.15) is 0 Å². The normalized spacial score (nSPS) is 14.7. The number of methoxy groups -OCH3 is 1. The molecule has 0 atom stereocenters. The van der Waals surface area contributed by atoms with Crippen molar-refractivity contribution in [2.45, 2.75) is 6.92 Å². The van der Waals surface area contributed by atoms with Crippen LogP contribution in [0.2, 0.25) is 5.15 Å². The van der Waals surface area contributed by atoms with Crippen LogP contribution in [-0.2, 0) is 18.2 Å². The number of rotatable bonds is 4. The first-order chi connectivity index (χ1) is 10.2. The van der Waals surface area contributed by atoms with Crippen molar-refractivity contribution in [3.63, 3.8) is 0 Å². The number of halogens is 1. The van der Waals surface area contributed by atoms with Crippen LogP contribution in [0.25, 0.3) is 10.2 Å². The Morgan fingerprint density at radius 1 is 1.25 bits per heavy atom. The van der Waals surface area contributed by atoms with Crippen LogP contribution >= 0.6 is 22.9 Å². The number of hydrogen-bond acceptors (Lipinski definition) is 7. The molecule has 0 spiro atoms. The van der Waals surface area contributed by atoms with Gasteiger partial charge in [-0.25, -0.2) is 9.97 Å². The average molecular weight is 493 g/mol. The number of fused-ring (bicyclic) bond motifs is 1. The summed E-state index contributed by atoms with van der Waals surface area (Å²) in [6.07, 6.45) is 0. The number of anilines is 1. The molecule has 0 aromatic carbocycles. The molecule has 3 heterocycles. The Kier molecular flexibility index (Phi) is 11.2. The first-order valence-corrected chi connectivity index (χ1v) is 8.27. The van der Waals surface area contributed by atoms with Crippen LogP contribution in [0.1, 0.15) is 5.69 Å². The third kappa shape index (κ3) is 5.65. The molecule has 1 saturated heterocycles. The van der Waals surface area contributed by atoms with E-state index in [1.807, 2.05) is 13.0 Å². The molecule has 10 heteroatoms. The van der Waals surface area contributed by atoms with Gasteiger partial charge >= 0.3 is 0 Å². The molecule has 0 aliphatic carbocycles. The van der Waals surface area contributed by atoms with E-state index in [2.05, 4.69) is 14.8 Å². The van der Waals surface area contributed by atoms with Crippen molar-refractivity contribution in [2.75, 3.05) is 51.3 Å². The summed E-state index contributed by atoms with van der Waals surface area (Å²) in [6, 6.07) is 1.90. The molecule has 3 rings (SSSR count). The Morgan fingerprint density at radius 3 is 2.54 bits per heavy atom. The number of thiazole rings is 1. The maximum atomic E-state index is 6.02. The fraction of sp³-hybridized carbons (Fsp3) is 0.571. The number of hydrogen-bond donors (Lipinski definition) is 0. The van der Waals surface area contributed by atoms with Gasteiger partial charge < -0.3 is 23.1 Å². The fourth-order valence-electron chi connectivity index (χ4n) is 2.55. The van der Waals surface area contributed by atoms with Crippen LogP contribution in [-0.4, -0.2) is 94.1 Å². The number of piperazine rings is 1. The number of pyridine rings is 1. The average Bonchev–Trinajstić information content (AvgIpc) is 2.90. The van der Waals surface area contributed by atoms with E-state index in [1.165, 1.54) is 0 Å². The second-order valence-corrected chi connectivity index (χ2v) is 6.59. The largest absolute Gasteiger partial charge is 0.813 e. The van der Waals surface area contributed by atoms with Crippen molar-refractivity contribution in [1.82, 2.24) is 14.9 Å². The zero-order valence-corrected chi connectivity index (χ0v) is 18.8. The first kappa shape index (κ1) is 24.3. The van der Waals surface area contributed by atoms with E-state index in [0.29, 0.717) is 5.15 Å². The molecule has 24 heavy (non-hydrogen) atoms. The Hall–Kier alpha value is 0.283.